The highest BCUT2D eigenvalue weighted by Crippen LogP contribution is 2.14. The van der Waals surface area contributed by atoms with E-state index in [2.05, 4.69) is 5.32 Å². The highest BCUT2D eigenvalue weighted by atomic mass is 32.1. The molecule has 0 unspecified atom stereocenters. The summed E-state index contributed by atoms with van der Waals surface area (Å²) in [5.41, 5.74) is 1.98. The number of carbonyl (C=O) groups is 1. The molecule has 2 nitrogen and oxygen atoms in total. The minimum absolute atomic E-state index is 0.0457. The van der Waals surface area contributed by atoms with Crippen molar-refractivity contribution in [3.63, 3.8) is 0 Å². The first-order valence-electron chi connectivity index (χ1n) is 4.67. The molecule has 1 aromatic carbocycles. The van der Waals surface area contributed by atoms with Crippen LogP contribution in [0, 0.1) is 6.92 Å². The standard InChI is InChI=1S/C12H11NOS/c1-9-4-2-5-10(8-9)13-12(14)11-6-3-7-15-11/h2-8H,1H3,(H,13,14). The number of hydrogen-bond donors (Lipinski definition) is 1. The fraction of sp³-hybridized carbons (Fsp3) is 0.0833. The van der Waals surface area contributed by atoms with Crippen molar-refractivity contribution in [3.05, 3.63) is 52.2 Å². The molecule has 0 saturated heterocycles. The molecule has 1 aromatic heterocycles. The molecule has 0 aliphatic heterocycles. The third kappa shape index (κ3) is 2.44. The van der Waals surface area contributed by atoms with Crippen LogP contribution >= 0.6 is 11.3 Å². The Hall–Kier alpha value is -1.61. The van der Waals surface area contributed by atoms with Crippen LogP contribution < -0.4 is 5.32 Å². The lowest BCUT2D eigenvalue weighted by Gasteiger charge is -2.03. The van der Waals surface area contributed by atoms with Gasteiger partial charge in [-0.3, -0.25) is 4.79 Å². The van der Waals surface area contributed by atoms with Gasteiger partial charge in [0.05, 0.1) is 4.88 Å². The second-order valence-electron chi connectivity index (χ2n) is 3.30. The first-order valence-corrected chi connectivity index (χ1v) is 5.55. The first kappa shape index (κ1) is 9.93. The Morgan fingerprint density at radius 1 is 1.27 bits per heavy atom. The predicted molar refractivity (Wildman–Crippen MR) is 63.5 cm³/mol. The lowest BCUT2D eigenvalue weighted by atomic mass is 10.2. The summed E-state index contributed by atoms with van der Waals surface area (Å²) in [5.74, 6) is -0.0457. The molecule has 1 amide bonds. The summed E-state index contributed by atoms with van der Waals surface area (Å²) in [7, 11) is 0. The summed E-state index contributed by atoms with van der Waals surface area (Å²) in [5, 5.41) is 4.75. The Morgan fingerprint density at radius 2 is 2.13 bits per heavy atom. The van der Waals surface area contributed by atoms with Crippen LogP contribution in [-0.4, -0.2) is 5.91 Å². The van der Waals surface area contributed by atoms with Crippen molar-refractivity contribution in [2.75, 3.05) is 5.32 Å². The number of benzene rings is 1. The van der Waals surface area contributed by atoms with E-state index >= 15 is 0 Å². The molecular weight excluding hydrogens is 206 g/mol. The molecular formula is C12H11NOS. The maximum atomic E-state index is 11.7. The van der Waals surface area contributed by atoms with Gasteiger partial charge in [-0.25, -0.2) is 0 Å². The fourth-order valence-corrected chi connectivity index (χ4v) is 1.94. The highest BCUT2D eigenvalue weighted by molar-refractivity contribution is 7.12. The Bertz CT molecular complexity index is 462. The molecule has 0 bridgehead atoms. The Balaban J connectivity index is 2.13. The van der Waals surface area contributed by atoms with E-state index in [9.17, 15) is 4.79 Å². The van der Waals surface area contributed by atoms with Gasteiger partial charge in [0.1, 0.15) is 0 Å². The van der Waals surface area contributed by atoms with E-state index < -0.39 is 0 Å². The van der Waals surface area contributed by atoms with Gasteiger partial charge in [-0.2, -0.15) is 0 Å². The summed E-state index contributed by atoms with van der Waals surface area (Å²) in [6, 6.07) is 11.5. The molecule has 2 aromatic rings. The van der Waals surface area contributed by atoms with Crippen molar-refractivity contribution >= 4 is 22.9 Å². The Kier molecular flexibility index (Phi) is 2.83. The van der Waals surface area contributed by atoms with Crippen LogP contribution in [0.2, 0.25) is 0 Å². The topological polar surface area (TPSA) is 29.1 Å². The van der Waals surface area contributed by atoms with Gasteiger partial charge in [0.2, 0.25) is 0 Å². The summed E-state index contributed by atoms with van der Waals surface area (Å²) >= 11 is 1.44. The average molecular weight is 217 g/mol. The number of carbonyl (C=O) groups excluding carboxylic acids is 1. The molecule has 0 aliphatic rings. The first-order chi connectivity index (χ1) is 7.25. The number of rotatable bonds is 2. The molecule has 0 radical (unpaired) electrons. The highest BCUT2D eigenvalue weighted by Gasteiger charge is 2.05. The van der Waals surface area contributed by atoms with Crippen LogP contribution in [0.5, 0.6) is 0 Å². The van der Waals surface area contributed by atoms with Crippen LogP contribution in [-0.2, 0) is 0 Å². The van der Waals surface area contributed by atoms with Crippen LogP contribution in [0.1, 0.15) is 15.2 Å². The van der Waals surface area contributed by atoms with Crippen LogP contribution in [0.15, 0.2) is 41.8 Å². The quantitative estimate of drug-likeness (QED) is 0.821. The second kappa shape index (κ2) is 4.28. The average Bonchev–Trinajstić information content (AvgIpc) is 2.70. The smallest absolute Gasteiger partial charge is 0.265 e. The zero-order valence-electron chi connectivity index (χ0n) is 8.36. The van der Waals surface area contributed by atoms with Crippen molar-refractivity contribution in [2.24, 2.45) is 0 Å². The fourth-order valence-electron chi connectivity index (χ4n) is 1.32. The lowest BCUT2D eigenvalue weighted by Crippen LogP contribution is -2.09. The van der Waals surface area contributed by atoms with Crippen molar-refractivity contribution in [1.29, 1.82) is 0 Å². The lowest BCUT2D eigenvalue weighted by molar-refractivity contribution is 0.103. The van der Waals surface area contributed by atoms with Gasteiger partial charge in [0.25, 0.3) is 5.91 Å². The molecule has 0 atom stereocenters. The van der Waals surface area contributed by atoms with E-state index in [1.54, 1.807) is 0 Å². The molecule has 0 aliphatic carbocycles. The van der Waals surface area contributed by atoms with Crippen LogP contribution in [0.3, 0.4) is 0 Å². The maximum absolute atomic E-state index is 11.7. The van der Waals surface area contributed by atoms with Crippen molar-refractivity contribution < 1.29 is 4.79 Å². The number of anilines is 1. The summed E-state index contributed by atoms with van der Waals surface area (Å²) in [6.45, 7) is 2.00. The normalized spacial score (nSPS) is 9.93. The molecule has 3 heteroatoms. The third-order valence-electron chi connectivity index (χ3n) is 2.02. The summed E-state index contributed by atoms with van der Waals surface area (Å²) in [4.78, 5) is 12.4. The van der Waals surface area contributed by atoms with Crippen LogP contribution in [0.4, 0.5) is 5.69 Å². The number of amides is 1. The van der Waals surface area contributed by atoms with Gasteiger partial charge in [0, 0.05) is 5.69 Å². The van der Waals surface area contributed by atoms with E-state index in [-0.39, 0.29) is 5.91 Å². The summed E-state index contributed by atoms with van der Waals surface area (Å²) in [6.07, 6.45) is 0. The predicted octanol–water partition coefficient (Wildman–Crippen LogP) is 3.31. The molecule has 2 rings (SSSR count). The van der Waals surface area contributed by atoms with E-state index in [1.807, 2.05) is 48.7 Å². The van der Waals surface area contributed by atoms with Crippen LogP contribution in [0.25, 0.3) is 0 Å². The van der Waals surface area contributed by atoms with Crippen molar-refractivity contribution in [1.82, 2.24) is 0 Å². The Morgan fingerprint density at radius 3 is 2.80 bits per heavy atom. The minimum Gasteiger partial charge on any atom is -0.321 e. The zero-order valence-corrected chi connectivity index (χ0v) is 9.17. The SMILES string of the molecule is Cc1cccc(NC(=O)c2cccs2)c1. The van der Waals surface area contributed by atoms with E-state index in [0.29, 0.717) is 0 Å². The van der Waals surface area contributed by atoms with E-state index in [4.69, 9.17) is 0 Å². The Labute approximate surface area is 92.6 Å². The number of thiophene rings is 1. The van der Waals surface area contributed by atoms with Gasteiger partial charge in [-0.05, 0) is 36.1 Å². The molecule has 15 heavy (non-hydrogen) atoms. The number of hydrogen-bond acceptors (Lipinski definition) is 2. The second-order valence-corrected chi connectivity index (χ2v) is 4.25. The molecule has 0 saturated carbocycles. The number of aryl methyl sites for hydroxylation is 1. The molecule has 0 fully saturated rings. The van der Waals surface area contributed by atoms with Crippen molar-refractivity contribution in [3.8, 4) is 0 Å². The van der Waals surface area contributed by atoms with Crippen molar-refractivity contribution in [2.45, 2.75) is 6.92 Å². The monoisotopic (exact) mass is 217 g/mol. The van der Waals surface area contributed by atoms with Gasteiger partial charge in [-0.1, -0.05) is 18.2 Å². The molecule has 0 spiro atoms. The number of nitrogens with one attached hydrogen (secondary N) is 1. The molecule has 1 heterocycles. The molecule has 1 N–H and O–H groups in total. The van der Waals surface area contributed by atoms with E-state index in [0.717, 1.165) is 16.1 Å². The van der Waals surface area contributed by atoms with Gasteiger partial charge >= 0.3 is 0 Å². The van der Waals surface area contributed by atoms with Gasteiger partial charge in [0.15, 0.2) is 0 Å². The third-order valence-corrected chi connectivity index (χ3v) is 2.89. The minimum atomic E-state index is -0.0457. The summed E-state index contributed by atoms with van der Waals surface area (Å²) < 4.78 is 0. The maximum Gasteiger partial charge on any atom is 0.265 e. The zero-order chi connectivity index (χ0) is 10.7. The molecule has 76 valence electrons. The van der Waals surface area contributed by atoms with Gasteiger partial charge in [-0.15, -0.1) is 11.3 Å². The van der Waals surface area contributed by atoms with Gasteiger partial charge < -0.3 is 5.32 Å². The van der Waals surface area contributed by atoms with E-state index in [1.165, 1.54) is 11.3 Å². The largest absolute Gasteiger partial charge is 0.321 e.